The Labute approximate surface area is 188 Å². The molecular formula is C24H29N3O5. The lowest BCUT2D eigenvalue weighted by Gasteiger charge is -2.32. The Balaban J connectivity index is 2.03. The van der Waals surface area contributed by atoms with Crippen LogP contribution in [0.2, 0.25) is 0 Å². The maximum absolute atomic E-state index is 13.0. The molecule has 32 heavy (non-hydrogen) atoms. The zero-order chi connectivity index (χ0) is 23.1. The Hall–Kier alpha value is -3.52. The predicted molar refractivity (Wildman–Crippen MR) is 120 cm³/mol. The van der Waals surface area contributed by atoms with Gasteiger partial charge in [0.15, 0.2) is 11.5 Å². The van der Waals surface area contributed by atoms with Gasteiger partial charge in [0.2, 0.25) is 0 Å². The van der Waals surface area contributed by atoms with Crippen LogP contribution in [0.4, 0.5) is 4.79 Å². The summed E-state index contributed by atoms with van der Waals surface area (Å²) in [6, 6.07) is 14.1. The van der Waals surface area contributed by atoms with E-state index < -0.39 is 18.0 Å². The number of hydrogen-bond acceptors (Lipinski definition) is 6. The second-order valence-electron chi connectivity index (χ2n) is 7.38. The number of urea groups is 1. The molecular weight excluding hydrogens is 410 g/mol. The third-order valence-corrected chi connectivity index (χ3v) is 5.12. The molecule has 2 aromatic carbocycles. The lowest BCUT2D eigenvalue weighted by molar-refractivity contribution is -0.139. The summed E-state index contributed by atoms with van der Waals surface area (Å²) in [5, 5.41) is 5.64. The van der Waals surface area contributed by atoms with Crippen molar-refractivity contribution in [2.24, 2.45) is 0 Å². The molecule has 2 amide bonds. The van der Waals surface area contributed by atoms with Crippen LogP contribution in [0, 0.1) is 0 Å². The van der Waals surface area contributed by atoms with Crippen LogP contribution in [0.1, 0.15) is 24.1 Å². The van der Waals surface area contributed by atoms with E-state index in [1.807, 2.05) is 42.3 Å². The molecule has 2 N–H and O–H groups in total. The van der Waals surface area contributed by atoms with Crippen molar-refractivity contribution in [3.8, 4) is 11.5 Å². The van der Waals surface area contributed by atoms with Gasteiger partial charge in [-0.25, -0.2) is 9.59 Å². The van der Waals surface area contributed by atoms with E-state index in [4.69, 9.17) is 14.2 Å². The Bertz CT molecular complexity index is 990. The maximum Gasteiger partial charge on any atom is 0.338 e. The SMILES string of the molecule is CCOC(=O)C1=C(CN(C)Cc2ccccc2)NC(=O)NC1c1cccc(OC)c1OC. The summed E-state index contributed by atoms with van der Waals surface area (Å²) in [5.74, 6) is 0.447. The summed E-state index contributed by atoms with van der Waals surface area (Å²) in [6.07, 6.45) is 0. The van der Waals surface area contributed by atoms with E-state index >= 15 is 0 Å². The van der Waals surface area contributed by atoms with E-state index in [1.54, 1.807) is 25.1 Å². The van der Waals surface area contributed by atoms with Gasteiger partial charge < -0.3 is 24.8 Å². The summed E-state index contributed by atoms with van der Waals surface area (Å²) in [7, 11) is 4.99. The fourth-order valence-electron chi connectivity index (χ4n) is 3.79. The minimum Gasteiger partial charge on any atom is -0.493 e. The molecule has 8 heteroatoms. The second kappa shape index (κ2) is 10.7. The number of hydrogen-bond donors (Lipinski definition) is 2. The molecule has 3 rings (SSSR count). The lowest BCUT2D eigenvalue weighted by Crippen LogP contribution is -2.48. The second-order valence-corrected chi connectivity index (χ2v) is 7.38. The molecule has 0 aromatic heterocycles. The molecule has 1 aliphatic rings. The van der Waals surface area contributed by atoms with Crippen LogP contribution >= 0.6 is 0 Å². The summed E-state index contributed by atoms with van der Waals surface area (Å²) in [4.78, 5) is 27.6. The highest BCUT2D eigenvalue weighted by Crippen LogP contribution is 2.39. The smallest absolute Gasteiger partial charge is 0.338 e. The first-order valence-corrected chi connectivity index (χ1v) is 10.4. The Morgan fingerprint density at radius 3 is 2.44 bits per heavy atom. The normalized spacial score (nSPS) is 15.8. The summed E-state index contributed by atoms with van der Waals surface area (Å²) < 4.78 is 16.3. The van der Waals surface area contributed by atoms with Crippen LogP contribution in [0.15, 0.2) is 59.8 Å². The molecule has 170 valence electrons. The number of methoxy groups -OCH3 is 2. The monoisotopic (exact) mass is 439 g/mol. The molecule has 0 radical (unpaired) electrons. The number of nitrogens with one attached hydrogen (secondary N) is 2. The fraction of sp³-hybridized carbons (Fsp3) is 0.333. The van der Waals surface area contributed by atoms with Crippen LogP contribution in [0.25, 0.3) is 0 Å². The Morgan fingerprint density at radius 1 is 1.03 bits per heavy atom. The highest BCUT2D eigenvalue weighted by Gasteiger charge is 2.36. The zero-order valence-electron chi connectivity index (χ0n) is 18.8. The molecule has 0 saturated carbocycles. The molecule has 1 heterocycles. The van der Waals surface area contributed by atoms with Gasteiger partial charge in [0.1, 0.15) is 0 Å². The minimum absolute atomic E-state index is 0.214. The minimum atomic E-state index is -0.757. The maximum atomic E-state index is 13.0. The topological polar surface area (TPSA) is 89.1 Å². The molecule has 1 atom stereocenters. The van der Waals surface area contributed by atoms with Crippen molar-refractivity contribution in [1.29, 1.82) is 0 Å². The quantitative estimate of drug-likeness (QED) is 0.584. The van der Waals surface area contributed by atoms with E-state index in [9.17, 15) is 9.59 Å². The highest BCUT2D eigenvalue weighted by molar-refractivity contribution is 5.95. The van der Waals surface area contributed by atoms with Crippen molar-refractivity contribution in [2.75, 3.05) is 34.4 Å². The van der Waals surface area contributed by atoms with Crippen molar-refractivity contribution in [3.63, 3.8) is 0 Å². The van der Waals surface area contributed by atoms with E-state index in [2.05, 4.69) is 10.6 Å². The molecule has 2 aromatic rings. The third kappa shape index (κ3) is 5.20. The number of likely N-dealkylation sites (N-methyl/N-ethyl adjacent to an activating group) is 1. The van der Waals surface area contributed by atoms with Crippen LogP contribution in [-0.2, 0) is 16.1 Å². The molecule has 0 spiro atoms. The van der Waals surface area contributed by atoms with Crippen LogP contribution in [-0.4, -0.2) is 51.3 Å². The molecule has 1 aliphatic heterocycles. The number of esters is 1. The number of nitrogens with zero attached hydrogens (tertiary/aromatic N) is 1. The summed E-state index contributed by atoms with van der Waals surface area (Å²) >= 11 is 0. The van der Waals surface area contributed by atoms with Crippen molar-refractivity contribution in [3.05, 3.63) is 70.9 Å². The molecule has 0 fully saturated rings. The number of carbonyl (C=O) groups is 2. The Morgan fingerprint density at radius 2 is 1.78 bits per heavy atom. The van der Waals surface area contributed by atoms with Crippen LogP contribution < -0.4 is 20.1 Å². The Kier molecular flexibility index (Phi) is 7.72. The van der Waals surface area contributed by atoms with Gasteiger partial charge in [-0.05, 0) is 25.6 Å². The van der Waals surface area contributed by atoms with Gasteiger partial charge in [-0.15, -0.1) is 0 Å². The van der Waals surface area contributed by atoms with Gasteiger partial charge >= 0.3 is 12.0 Å². The average Bonchev–Trinajstić information content (AvgIpc) is 2.78. The van der Waals surface area contributed by atoms with E-state index in [0.717, 1.165) is 5.56 Å². The van der Waals surface area contributed by atoms with Crippen molar-refractivity contribution < 1.29 is 23.8 Å². The fourth-order valence-corrected chi connectivity index (χ4v) is 3.79. The first kappa shape index (κ1) is 23.1. The van der Waals surface area contributed by atoms with Gasteiger partial charge in [-0.1, -0.05) is 42.5 Å². The highest BCUT2D eigenvalue weighted by atomic mass is 16.5. The summed E-state index contributed by atoms with van der Waals surface area (Å²) in [5.41, 5.74) is 2.55. The molecule has 1 unspecified atom stereocenters. The molecule has 0 saturated heterocycles. The van der Waals surface area contributed by atoms with Crippen molar-refractivity contribution >= 4 is 12.0 Å². The van der Waals surface area contributed by atoms with Gasteiger partial charge in [0, 0.05) is 24.4 Å². The standard InChI is InChI=1S/C24H29N3O5/c1-5-32-23(28)20-18(15-27(2)14-16-10-7-6-8-11-16)25-24(29)26-21(20)17-12-9-13-19(30-3)22(17)31-4/h6-13,21H,5,14-15H2,1-4H3,(H2,25,26,29). The van der Waals surface area contributed by atoms with Gasteiger partial charge in [-0.2, -0.15) is 0 Å². The van der Waals surface area contributed by atoms with Gasteiger partial charge in [0.05, 0.1) is 32.4 Å². The number of rotatable bonds is 9. The first-order chi connectivity index (χ1) is 15.5. The van der Waals surface area contributed by atoms with E-state index in [1.165, 1.54) is 14.2 Å². The zero-order valence-corrected chi connectivity index (χ0v) is 18.8. The number of carbonyl (C=O) groups excluding carboxylic acids is 2. The predicted octanol–water partition coefficient (Wildman–Crippen LogP) is 3.01. The van der Waals surface area contributed by atoms with Crippen LogP contribution in [0.3, 0.4) is 0 Å². The number of amides is 2. The molecule has 0 aliphatic carbocycles. The molecule has 8 nitrogen and oxygen atoms in total. The molecule has 0 bridgehead atoms. The summed E-state index contributed by atoms with van der Waals surface area (Å²) in [6.45, 7) is 2.96. The largest absolute Gasteiger partial charge is 0.493 e. The first-order valence-electron chi connectivity index (χ1n) is 10.4. The average molecular weight is 440 g/mol. The van der Waals surface area contributed by atoms with E-state index in [-0.39, 0.29) is 6.61 Å². The lowest BCUT2D eigenvalue weighted by atomic mass is 9.94. The number of para-hydroxylation sites is 1. The van der Waals surface area contributed by atoms with Crippen molar-refractivity contribution in [2.45, 2.75) is 19.5 Å². The number of benzene rings is 2. The van der Waals surface area contributed by atoms with Crippen LogP contribution in [0.5, 0.6) is 11.5 Å². The third-order valence-electron chi connectivity index (χ3n) is 5.12. The van der Waals surface area contributed by atoms with E-state index in [0.29, 0.717) is 41.4 Å². The van der Waals surface area contributed by atoms with Gasteiger partial charge in [-0.3, -0.25) is 4.90 Å². The number of ether oxygens (including phenoxy) is 3. The van der Waals surface area contributed by atoms with Gasteiger partial charge in [0.25, 0.3) is 0 Å². The van der Waals surface area contributed by atoms with Crippen molar-refractivity contribution in [1.82, 2.24) is 15.5 Å².